The van der Waals surface area contributed by atoms with Gasteiger partial charge >= 0.3 is 0 Å². The van der Waals surface area contributed by atoms with E-state index in [1.807, 2.05) is 31.2 Å². The molecule has 5 nitrogen and oxygen atoms in total. The van der Waals surface area contributed by atoms with E-state index in [0.29, 0.717) is 13.1 Å². The van der Waals surface area contributed by atoms with Gasteiger partial charge in [-0.05, 0) is 31.4 Å². The molecule has 1 aromatic heterocycles. The molecule has 22 heavy (non-hydrogen) atoms. The molecule has 0 atom stereocenters. The molecule has 118 valence electrons. The zero-order valence-electron chi connectivity index (χ0n) is 12.5. The van der Waals surface area contributed by atoms with Crippen LogP contribution in [0.5, 0.6) is 0 Å². The second-order valence-electron chi connectivity index (χ2n) is 5.63. The van der Waals surface area contributed by atoms with E-state index in [-0.39, 0.29) is 35.5 Å². The molecular weight excluding hydrogens is 302 g/mol. The van der Waals surface area contributed by atoms with Crippen LogP contribution in [0.3, 0.4) is 0 Å². The van der Waals surface area contributed by atoms with Crippen molar-refractivity contribution in [2.24, 2.45) is 5.73 Å². The van der Waals surface area contributed by atoms with Crippen molar-refractivity contribution in [2.75, 3.05) is 13.1 Å². The predicted molar refractivity (Wildman–Crippen MR) is 89.7 cm³/mol. The van der Waals surface area contributed by atoms with E-state index in [9.17, 15) is 9.59 Å². The summed E-state index contributed by atoms with van der Waals surface area (Å²) in [4.78, 5) is 29.5. The molecule has 1 amide bonds. The van der Waals surface area contributed by atoms with E-state index < -0.39 is 0 Å². The number of carbonyl (C=O) groups excluding carboxylic acids is 1. The largest absolute Gasteiger partial charge is 0.338 e. The first kappa shape index (κ1) is 16.5. The molecule has 0 unspecified atom stereocenters. The minimum absolute atomic E-state index is 0. The molecule has 2 aromatic rings. The number of rotatable bonds is 1. The number of piperidine rings is 1. The number of carbonyl (C=O) groups is 1. The van der Waals surface area contributed by atoms with Crippen molar-refractivity contribution >= 4 is 29.2 Å². The third-order valence-electron chi connectivity index (χ3n) is 4.22. The Morgan fingerprint density at radius 3 is 2.59 bits per heavy atom. The molecule has 0 radical (unpaired) electrons. The lowest BCUT2D eigenvalue weighted by molar-refractivity contribution is 0.0712. The average Bonchev–Trinajstić information content (AvgIpc) is 2.48. The van der Waals surface area contributed by atoms with Crippen LogP contribution in [-0.4, -0.2) is 34.9 Å². The number of para-hydroxylation sites is 1. The molecule has 1 aliphatic heterocycles. The standard InChI is InChI=1S/C16H19N3O2.ClH/c1-10-12-4-2-3-5-13(12)18-15(20)14(10)16(21)19-8-6-11(17)7-9-19;/h2-5,11H,6-9,17H2,1H3,(H,18,20);1H. The van der Waals surface area contributed by atoms with E-state index in [0.717, 1.165) is 29.3 Å². The fourth-order valence-electron chi connectivity index (χ4n) is 2.93. The second kappa shape index (κ2) is 6.50. The van der Waals surface area contributed by atoms with Crippen LogP contribution in [0.2, 0.25) is 0 Å². The van der Waals surface area contributed by atoms with Crippen molar-refractivity contribution in [3.8, 4) is 0 Å². The number of nitrogens with two attached hydrogens (primary N) is 1. The lowest BCUT2D eigenvalue weighted by atomic mass is 10.0. The monoisotopic (exact) mass is 321 g/mol. The van der Waals surface area contributed by atoms with Crippen molar-refractivity contribution in [2.45, 2.75) is 25.8 Å². The summed E-state index contributed by atoms with van der Waals surface area (Å²) in [5.41, 5.74) is 7.31. The molecule has 1 aromatic carbocycles. The van der Waals surface area contributed by atoms with Gasteiger partial charge in [0.15, 0.2) is 0 Å². The summed E-state index contributed by atoms with van der Waals surface area (Å²) in [6.07, 6.45) is 1.58. The maximum Gasteiger partial charge on any atom is 0.261 e. The van der Waals surface area contributed by atoms with Gasteiger partial charge in [0.25, 0.3) is 11.5 Å². The van der Waals surface area contributed by atoms with Gasteiger partial charge in [0.1, 0.15) is 5.56 Å². The summed E-state index contributed by atoms with van der Waals surface area (Å²) in [5, 5.41) is 0.911. The van der Waals surface area contributed by atoms with Crippen LogP contribution in [0.1, 0.15) is 28.8 Å². The predicted octanol–water partition coefficient (Wildman–Crippen LogP) is 1.82. The van der Waals surface area contributed by atoms with E-state index in [4.69, 9.17) is 5.73 Å². The topological polar surface area (TPSA) is 79.2 Å². The Kier molecular flexibility index (Phi) is 4.88. The number of nitrogens with zero attached hydrogens (tertiary/aromatic N) is 1. The molecule has 3 rings (SSSR count). The SMILES string of the molecule is Cc1c(C(=O)N2CCC(N)CC2)c(=O)[nH]c2ccccc12.Cl. The Labute approximate surface area is 134 Å². The van der Waals surface area contributed by atoms with Gasteiger partial charge in [0.2, 0.25) is 0 Å². The molecule has 0 aliphatic carbocycles. The Morgan fingerprint density at radius 1 is 1.27 bits per heavy atom. The number of likely N-dealkylation sites (tertiary alicyclic amines) is 1. The first-order valence-corrected chi connectivity index (χ1v) is 7.24. The molecule has 0 spiro atoms. The van der Waals surface area contributed by atoms with Crippen LogP contribution in [-0.2, 0) is 0 Å². The Bertz CT molecular complexity index is 749. The number of amides is 1. The lowest BCUT2D eigenvalue weighted by Gasteiger charge is -2.30. The highest BCUT2D eigenvalue weighted by molar-refractivity contribution is 5.99. The van der Waals surface area contributed by atoms with Crippen molar-refractivity contribution in [3.05, 3.63) is 45.7 Å². The number of benzene rings is 1. The zero-order valence-corrected chi connectivity index (χ0v) is 13.3. The molecule has 1 fully saturated rings. The maximum absolute atomic E-state index is 12.7. The number of hydrogen-bond acceptors (Lipinski definition) is 3. The second-order valence-corrected chi connectivity index (χ2v) is 5.63. The molecule has 1 aliphatic rings. The average molecular weight is 322 g/mol. The summed E-state index contributed by atoms with van der Waals surface area (Å²) in [6.45, 7) is 3.07. The highest BCUT2D eigenvalue weighted by Crippen LogP contribution is 2.19. The zero-order chi connectivity index (χ0) is 15.0. The van der Waals surface area contributed by atoms with Crippen LogP contribution < -0.4 is 11.3 Å². The summed E-state index contributed by atoms with van der Waals surface area (Å²) in [7, 11) is 0. The smallest absolute Gasteiger partial charge is 0.261 e. The maximum atomic E-state index is 12.7. The molecule has 0 saturated carbocycles. The number of halogens is 1. The Balaban J connectivity index is 0.00000176. The van der Waals surface area contributed by atoms with Crippen LogP contribution in [0.25, 0.3) is 10.9 Å². The van der Waals surface area contributed by atoms with E-state index >= 15 is 0 Å². The van der Waals surface area contributed by atoms with Gasteiger partial charge in [-0.3, -0.25) is 9.59 Å². The molecule has 2 heterocycles. The Morgan fingerprint density at radius 2 is 1.91 bits per heavy atom. The summed E-state index contributed by atoms with van der Waals surface area (Å²) < 4.78 is 0. The Hall–Kier alpha value is -1.85. The number of aromatic amines is 1. The fourth-order valence-corrected chi connectivity index (χ4v) is 2.93. The normalized spacial score (nSPS) is 15.6. The van der Waals surface area contributed by atoms with E-state index in [2.05, 4.69) is 4.98 Å². The van der Waals surface area contributed by atoms with Crippen LogP contribution >= 0.6 is 12.4 Å². The van der Waals surface area contributed by atoms with Crippen LogP contribution in [0, 0.1) is 6.92 Å². The van der Waals surface area contributed by atoms with Crippen molar-refractivity contribution in [1.82, 2.24) is 9.88 Å². The molecule has 3 N–H and O–H groups in total. The number of H-pyrrole nitrogens is 1. The lowest BCUT2D eigenvalue weighted by Crippen LogP contribution is -2.44. The quantitative estimate of drug-likeness (QED) is 0.841. The molecule has 1 saturated heterocycles. The van der Waals surface area contributed by atoms with Gasteiger partial charge in [-0.25, -0.2) is 0 Å². The number of pyridine rings is 1. The van der Waals surface area contributed by atoms with Gasteiger partial charge in [-0.2, -0.15) is 0 Å². The van der Waals surface area contributed by atoms with Gasteiger partial charge in [0, 0.05) is 30.0 Å². The number of nitrogens with one attached hydrogen (secondary N) is 1. The minimum atomic E-state index is -0.314. The highest BCUT2D eigenvalue weighted by atomic mass is 35.5. The first-order chi connectivity index (χ1) is 10.1. The minimum Gasteiger partial charge on any atom is -0.338 e. The van der Waals surface area contributed by atoms with Gasteiger partial charge in [0.05, 0.1) is 0 Å². The molecular formula is C16H20ClN3O2. The third-order valence-corrected chi connectivity index (χ3v) is 4.22. The first-order valence-electron chi connectivity index (χ1n) is 7.24. The van der Waals surface area contributed by atoms with E-state index in [1.54, 1.807) is 4.90 Å². The summed E-state index contributed by atoms with van der Waals surface area (Å²) in [6, 6.07) is 7.69. The summed E-state index contributed by atoms with van der Waals surface area (Å²) in [5.74, 6) is -0.189. The van der Waals surface area contributed by atoms with E-state index in [1.165, 1.54) is 0 Å². The third kappa shape index (κ3) is 2.87. The van der Waals surface area contributed by atoms with Gasteiger partial charge in [-0.15, -0.1) is 12.4 Å². The highest BCUT2D eigenvalue weighted by Gasteiger charge is 2.25. The summed E-state index contributed by atoms with van der Waals surface area (Å²) >= 11 is 0. The van der Waals surface area contributed by atoms with Gasteiger partial charge < -0.3 is 15.6 Å². The van der Waals surface area contributed by atoms with Crippen molar-refractivity contribution in [3.63, 3.8) is 0 Å². The van der Waals surface area contributed by atoms with Gasteiger partial charge in [-0.1, -0.05) is 18.2 Å². The molecule has 6 heteroatoms. The number of fused-ring (bicyclic) bond motifs is 1. The van der Waals surface area contributed by atoms with Crippen molar-refractivity contribution in [1.29, 1.82) is 0 Å². The van der Waals surface area contributed by atoms with Crippen LogP contribution in [0.4, 0.5) is 0 Å². The number of aromatic nitrogens is 1. The number of hydrogen-bond donors (Lipinski definition) is 2. The fraction of sp³-hybridized carbons (Fsp3) is 0.375. The van der Waals surface area contributed by atoms with Crippen LogP contribution in [0.15, 0.2) is 29.1 Å². The van der Waals surface area contributed by atoms with Crippen molar-refractivity contribution < 1.29 is 4.79 Å². The molecule has 0 bridgehead atoms. The number of aryl methyl sites for hydroxylation is 1.